The number of nitrogens with zero attached hydrogens (tertiary/aromatic N) is 4. The first-order chi connectivity index (χ1) is 9.42. The monoisotopic (exact) mass is 248 g/mol. The lowest BCUT2D eigenvalue weighted by atomic mass is 10.0. The van der Waals surface area contributed by atoms with Crippen LogP contribution in [0.2, 0.25) is 0 Å². The summed E-state index contributed by atoms with van der Waals surface area (Å²) in [7, 11) is 0. The van der Waals surface area contributed by atoms with Crippen LogP contribution in [0.5, 0.6) is 0 Å². The molecule has 0 fully saturated rings. The van der Waals surface area contributed by atoms with Gasteiger partial charge in [0, 0.05) is 24.4 Å². The Bertz CT molecular complexity index is 731. The lowest BCUT2D eigenvalue weighted by molar-refractivity contribution is 0.723. The van der Waals surface area contributed by atoms with Crippen LogP contribution in [0, 0.1) is 0 Å². The molecule has 1 aliphatic rings. The zero-order valence-corrected chi connectivity index (χ0v) is 10.3. The van der Waals surface area contributed by atoms with Gasteiger partial charge < -0.3 is 0 Å². The molecule has 0 radical (unpaired) electrons. The Morgan fingerprint density at radius 1 is 1.00 bits per heavy atom. The number of fused-ring (bicyclic) bond motifs is 3. The average molecular weight is 248 g/mol. The van der Waals surface area contributed by atoms with E-state index in [9.17, 15) is 0 Å². The summed E-state index contributed by atoms with van der Waals surface area (Å²) in [5, 5.41) is 4.63. The molecule has 0 atom stereocenters. The summed E-state index contributed by atoms with van der Waals surface area (Å²) in [5.74, 6) is 1.78. The molecule has 3 aromatic rings. The van der Waals surface area contributed by atoms with Gasteiger partial charge in [-0.2, -0.15) is 0 Å². The van der Waals surface area contributed by atoms with E-state index in [2.05, 4.69) is 33.3 Å². The highest BCUT2D eigenvalue weighted by atomic mass is 15.4. The molecular formula is C15H12N4. The number of benzene rings is 1. The van der Waals surface area contributed by atoms with Crippen LogP contribution in [0.4, 0.5) is 0 Å². The molecule has 1 aliphatic heterocycles. The minimum Gasteiger partial charge on any atom is -0.264 e. The maximum Gasteiger partial charge on any atom is 0.183 e. The van der Waals surface area contributed by atoms with E-state index in [0.29, 0.717) is 0 Å². The normalized spacial score (nSPS) is 12.8. The average Bonchev–Trinajstić information content (AvgIpc) is 2.93. The van der Waals surface area contributed by atoms with Crippen molar-refractivity contribution in [1.82, 2.24) is 19.7 Å². The highest BCUT2D eigenvalue weighted by Gasteiger charge is 2.19. The molecule has 92 valence electrons. The summed E-state index contributed by atoms with van der Waals surface area (Å²) < 4.78 is 1.96. The zero-order valence-electron chi connectivity index (χ0n) is 10.3. The van der Waals surface area contributed by atoms with Gasteiger partial charge in [0.25, 0.3) is 0 Å². The number of para-hydroxylation sites is 1. The molecule has 0 aliphatic carbocycles. The van der Waals surface area contributed by atoms with Gasteiger partial charge in [-0.1, -0.05) is 18.2 Å². The fourth-order valence-corrected chi connectivity index (χ4v) is 2.49. The van der Waals surface area contributed by atoms with Crippen molar-refractivity contribution >= 4 is 0 Å². The largest absolute Gasteiger partial charge is 0.264 e. The highest BCUT2D eigenvalue weighted by Crippen LogP contribution is 2.25. The number of hydrogen-bond acceptors (Lipinski definition) is 3. The maximum atomic E-state index is 4.63. The summed E-state index contributed by atoms with van der Waals surface area (Å²) >= 11 is 0. The van der Waals surface area contributed by atoms with Gasteiger partial charge in [0.1, 0.15) is 5.82 Å². The van der Waals surface area contributed by atoms with Gasteiger partial charge in [-0.15, -0.1) is 5.10 Å². The predicted molar refractivity (Wildman–Crippen MR) is 72.0 cm³/mol. The molecular weight excluding hydrogens is 236 g/mol. The molecule has 0 unspecified atom stereocenters. The molecule has 2 aromatic heterocycles. The molecule has 4 heteroatoms. The van der Waals surface area contributed by atoms with E-state index in [-0.39, 0.29) is 0 Å². The second-order valence-electron chi connectivity index (χ2n) is 4.63. The van der Waals surface area contributed by atoms with Gasteiger partial charge in [-0.3, -0.25) is 4.98 Å². The predicted octanol–water partition coefficient (Wildman–Crippen LogP) is 2.43. The van der Waals surface area contributed by atoms with Crippen molar-refractivity contribution in [3.63, 3.8) is 0 Å². The fraction of sp³-hybridized carbons (Fsp3) is 0.133. The van der Waals surface area contributed by atoms with Gasteiger partial charge >= 0.3 is 0 Å². The quantitative estimate of drug-likeness (QED) is 0.664. The molecule has 0 saturated carbocycles. The number of rotatable bonds is 1. The number of pyridine rings is 1. The van der Waals surface area contributed by atoms with Gasteiger partial charge in [-0.25, -0.2) is 9.67 Å². The molecule has 3 heterocycles. The summed E-state index contributed by atoms with van der Waals surface area (Å²) in [6.07, 6.45) is 5.52. The Morgan fingerprint density at radius 2 is 1.95 bits per heavy atom. The molecule has 0 bridgehead atoms. The Kier molecular flexibility index (Phi) is 2.21. The molecule has 0 N–H and O–H groups in total. The first-order valence-corrected chi connectivity index (χ1v) is 6.36. The molecule has 1 aromatic carbocycles. The van der Waals surface area contributed by atoms with Crippen molar-refractivity contribution in [2.24, 2.45) is 0 Å². The van der Waals surface area contributed by atoms with Crippen LogP contribution in [0.25, 0.3) is 17.1 Å². The van der Waals surface area contributed by atoms with E-state index < -0.39 is 0 Å². The molecule has 0 amide bonds. The van der Waals surface area contributed by atoms with Crippen molar-refractivity contribution in [2.45, 2.75) is 12.8 Å². The molecule has 0 saturated heterocycles. The number of hydrogen-bond donors (Lipinski definition) is 0. The highest BCUT2D eigenvalue weighted by molar-refractivity contribution is 5.54. The Labute approximate surface area is 110 Å². The lowest BCUT2D eigenvalue weighted by Crippen LogP contribution is -2.13. The van der Waals surface area contributed by atoms with Crippen molar-refractivity contribution < 1.29 is 0 Å². The summed E-state index contributed by atoms with van der Waals surface area (Å²) in [5.41, 5.74) is 3.44. The second-order valence-corrected chi connectivity index (χ2v) is 4.63. The second kappa shape index (κ2) is 4.02. The Morgan fingerprint density at radius 3 is 2.84 bits per heavy atom. The maximum absolute atomic E-state index is 4.63. The third-order valence-electron chi connectivity index (χ3n) is 3.43. The lowest BCUT2D eigenvalue weighted by Gasteiger charge is -2.15. The van der Waals surface area contributed by atoms with E-state index in [0.717, 1.165) is 35.7 Å². The molecule has 4 rings (SSSR count). The Balaban J connectivity index is 1.88. The summed E-state index contributed by atoms with van der Waals surface area (Å²) in [4.78, 5) is 8.75. The van der Waals surface area contributed by atoms with Crippen LogP contribution >= 0.6 is 0 Å². The SMILES string of the molecule is c1cncc(-c2nc3n(n2)-c2ccccc2CC3)c1. The summed E-state index contributed by atoms with van der Waals surface area (Å²) in [6.45, 7) is 0. The first kappa shape index (κ1) is 10.4. The smallest absolute Gasteiger partial charge is 0.183 e. The fourth-order valence-electron chi connectivity index (χ4n) is 2.49. The molecule has 4 nitrogen and oxygen atoms in total. The zero-order chi connectivity index (χ0) is 12.7. The minimum atomic E-state index is 0.750. The van der Waals surface area contributed by atoms with Crippen molar-refractivity contribution in [1.29, 1.82) is 0 Å². The Hall–Kier alpha value is -2.49. The van der Waals surface area contributed by atoms with Crippen LogP contribution in [0.3, 0.4) is 0 Å². The van der Waals surface area contributed by atoms with Crippen LogP contribution in [0.15, 0.2) is 48.8 Å². The van der Waals surface area contributed by atoms with Crippen LogP contribution < -0.4 is 0 Å². The minimum absolute atomic E-state index is 0.750. The first-order valence-electron chi connectivity index (χ1n) is 6.36. The van der Waals surface area contributed by atoms with Crippen molar-refractivity contribution in [2.75, 3.05) is 0 Å². The van der Waals surface area contributed by atoms with Crippen LogP contribution in [-0.2, 0) is 12.8 Å². The van der Waals surface area contributed by atoms with E-state index in [1.54, 1.807) is 12.4 Å². The van der Waals surface area contributed by atoms with Gasteiger partial charge in [-0.05, 0) is 30.2 Å². The van der Waals surface area contributed by atoms with Gasteiger partial charge in [0.2, 0.25) is 0 Å². The van der Waals surface area contributed by atoms with Gasteiger partial charge in [0.05, 0.1) is 5.69 Å². The summed E-state index contributed by atoms with van der Waals surface area (Å²) in [6, 6.07) is 12.3. The van der Waals surface area contributed by atoms with Crippen LogP contribution in [0.1, 0.15) is 11.4 Å². The standard InChI is InChI=1S/C15H12N4/c1-2-6-13-11(4-1)7-8-14-17-15(18-19(13)14)12-5-3-9-16-10-12/h1-6,9-10H,7-8H2. The van der Waals surface area contributed by atoms with Crippen molar-refractivity contribution in [3.05, 3.63) is 60.2 Å². The van der Waals surface area contributed by atoms with E-state index in [1.807, 2.05) is 22.9 Å². The van der Waals surface area contributed by atoms with E-state index >= 15 is 0 Å². The van der Waals surface area contributed by atoms with E-state index in [4.69, 9.17) is 0 Å². The van der Waals surface area contributed by atoms with Gasteiger partial charge in [0.15, 0.2) is 5.82 Å². The van der Waals surface area contributed by atoms with E-state index in [1.165, 1.54) is 5.56 Å². The van der Waals surface area contributed by atoms with Crippen molar-refractivity contribution in [3.8, 4) is 17.1 Å². The number of aromatic nitrogens is 4. The third kappa shape index (κ3) is 1.64. The molecule has 0 spiro atoms. The topological polar surface area (TPSA) is 43.6 Å². The number of aryl methyl sites for hydroxylation is 2. The van der Waals surface area contributed by atoms with Crippen LogP contribution in [-0.4, -0.2) is 19.7 Å². The molecule has 19 heavy (non-hydrogen) atoms. The third-order valence-corrected chi connectivity index (χ3v) is 3.43.